The summed E-state index contributed by atoms with van der Waals surface area (Å²) in [6, 6.07) is 11.3. The van der Waals surface area contributed by atoms with Gasteiger partial charge >= 0.3 is 5.97 Å². The number of hydrogen-bond donors (Lipinski definition) is 2. The Hall–Kier alpha value is -2.69. The van der Waals surface area contributed by atoms with E-state index >= 15 is 0 Å². The number of para-hydroxylation sites is 1. The lowest BCUT2D eigenvalue weighted by atomic mass is 10.2. The maximum absolute atomic E-state index is 11.3. The molecule has 0 unspecified atom stereocenters. The molecule has 0 fully saturated rings. The van der Waals surface area contributed by atoms with Crippen LogP contribution in [0.25, 0.3) is 0 Å². The molecule has 2 aromatic carbocycles. The third kappa shape index (κ3) is 3.66. The molecule has 0 radical (unpaired) electrons. The number of phenols is 1. The van der Waals surface area contributed by atoms with E-state index in [9.17, 15) is 15.0 Å². The number of aromatic hydroxyl groups is 1. The molecular weight excluding hydrogens is 272 g/mol. The number of carboxylic acids is 1. The number of hydrogen-bond acceptors (Lipinski definition) is 4. The molecule has 2 N–H and O–H groups in total. The first-order chi connectivity index (χ1) is 10.1. The molecule has 5 heteroatoms. The largest absolute Gasteiger partial charge is 0.508 e. The molecule has 2 rings (SSSR count). The molecule has 21 heavy (non-hydrogen) atoms. The molecule has 5 nitrogen and oxygen atoms in total. The quantitative estimate of drug-likeness (QED) is 0.854. The fraction of sp³-hybridized carbons (Fsp3) is 0.188. The van der Waals surface area contributed by atoms with E-state index in [1.165, 1.54) is 6.07 Å². The maximum atomic E-state index is 11.3. The van der Waals surface area contributed by atoms with Gasteiger partial charge in [-0.05, 0) is 36.8 Å². The van der Waals surface area contributed by atoms with Crippen molar-refractivity contribution in [2.24, 2.45) is 0 Å². The number of ether oxygens (including phenoxy) is 2. The van der Waals surface area contributed by atoms with Gasteiger partial charge in [-0.2, -0.15) is 0 Å². The summed E-state index contributed by atoms with van der Waals surface area (Å²) in [6.45, 7) is 2.36. The van der Waals surface area contributed by atoms with E-state index in [4.69, 9.17) is 9.47 Å². The number of carboxylic acid groups (broad SMARTS) is 1. The molecule has 0 saturated heterocycles. The van der Waals surface area contributed by atoms with Crippen LogP contribution in [-0.2, 0) is 6.61 Å². The van der Waals surface area contributed by atoms with Gasteiger partial charge in [-0.3, -0.25) is 0 Å². The summed E-state index contributed by atoms with van der Waals surface area (Å²) in [5.74, 6) is -0.372. The van der Waals surface area contributed by atoms with Gasteiger partial charge in [0.15, 0.2) is 11.5 Å². The summed E-state index contributed by atoms with van der Waals surface area (Å²) in [6.07, 6.45) is 0. The van der Waals surface area contributed by atoms with Crippen LogP contribution in [-0.4, -0.2) is 22.8 Å². The van der Waals surface area contributed by atoms with Crippen molar-refractivity contribution in [3.63, 3.8) is 0 Å². The Bertz CT molecular complexity index is 636. The maximum Gasteiger partial charge on any atom is 0.339 e. The molecular formula is C16H16O5. The molecule has 0 heterocycles. The topological polar surface area (TPSA) is 76.0 Å². The minimum absolute atomic E-state index is 0.0427. The normalized spacial score (nSPS) is 10.1. The summed E-state index contributed by atoms with van der Waals surface area (Å²) in [5.41, 5.74) is 0.777. The van der Waals surface area contributed by atoms with Crippen molar-refractivity contribution in [2.75, 3.05) is 6.61 Å². The second kappa shape index (κ2) is 6.65. The van der Waals surface area contributed by atoms with Crippen molar-refractivity contribution in [3.8, 4) is 17.2 Å². The molecule has 0 aliphatic carbocycles. The smallest absolute Gasteiger partial charge is 0.339 e. The van der Waals surface area contributed by atoms with Gasteiger partial charge in [0, 0.05) is 0 Å². The molecule has 0 saturated carbocycles. The zero-order valence-corrected chi connectivity index (χ0v) is 11.6. The zero-order chi connectivity index (χ0) is 15.2. The lowest BCUT2D eigenvalue weighted by Crippen LogP contribution is -2.06. The van der Waals surface area contributed by atoms with Gasteiger partial charge in [-0.1, -0.05) is 18.2 Å². The summed E-state index contributed by atoms with van der Waals surface area (Å²) in [7, 11) is 0. The fourth-order valence-corrected chi connectivity index (χ4v) is 1.90. The molecule has 0 amide bonds. The Morgan fingerprint density at radius 1 is 1.14 bits per heavy atom. The summed E-state index contributed by atoms with van der Waals surface area (Å²) in [4.78, 5) is 11.3. The second-order valence-electron chi connectivity index (χ2n) is 4.33. The zero-order valence-electron chi connectivity index (χ0n) is 11.6. The lowest BCUT2D eigenvalue weighted by molar-refractivity contribution is 0.0690. The molecule has 0 spiro atoms. The Morgan fingerprint density at radius 2 is 1.90 bits per heavy atom. The first-order valence-electron chi connectivity index (χ1n) is 6.51. The van der Waals surface area contributed by atoms with Crippen LogP contribution in [0.5, 0.6) is 17.2 Å². The van der Waals surface area contributed by atoms with Gasteiger partial charge in [-0.25, -0.2) is 4.79 Å². The number of rotatable bonds is 6. The fourth-order valence-electron chi connectivity index (χ4n) is 1.90. The van der Waals surface area contributed by atoms with Gasteiger partial charge in [0.2, 0.25) is 0 Å². The predicted octanol–water partition coefficient (Wildman–Crippen LogP) is 3.07. The Labute approximate surface area is 122 Å². The van der Waals surface area contributed by atoms with Gasteiger partial charge in [0.25, 0.3) is 0 Å². The standard InChI is InChI=1S/C16H16O5/c1-2-20-14-8-4-7-13(16(18)19)15(14)21-10-11-5-3-6-12(17)9-11/h3-9,17H,2,10H2,1H3,(H,18,19). The third-order valence-electron chi connectivity index (χ3n) is 2.80. The van der Waals surface area contributed by atoms with E-state index in [0.717, 1.165) is 5.56 Å². The third-order valence-corrected chi connectivity index (χ3v) is 2.80. The Morgan fingerprint density at radius 3 is 2.57 bits per heavy atom. The van der Waals surface area contributed by atoms with Crippen molar-refractivity contribution in [2.45, 2.75) is 13.5 Å². The van der Waals surface area contributed by atoms with Crippen LogP contribution < -0.4 is 9.47 Å². The highest BCUT2D eigenvalue weighted by Crippen LogP contribution is 2.32. The van der Waals surface area contributed by atoms with Crippen LogP contribution in [0.4, 0.5) is 0 Å². The van der Waals surface area contributed by atoms with Crippen LogP contribution in [0.3, 0.4) is 0 Å². The molecule has 110 valence electrons. The van der Waals surface area contributed by atoms with Gasteiger partial charge in [0.1, 0.15) is 17.9 Å². The predicted molar refractivity (Wildman–Crippen MR) is 77.0 cm³/mol. The molecule has 2 aromatic rings. The lowest BCUT2D eigenvalue weighted by Gasteiger charge is -2.14. The van der Waals surface area contributed by atoms with Crippen LogP contribution in [0.1, 0.15) is 22.8 Å². The first-order valence-corrected chi connectivity index (χ1v) is 6.51. The van der Waals surface area contributed by atoms with E-state index in [-0.39, 0.29) is 23.7 Å². The number of carbonyl (C=O) groups is 1. The summed E-state index contributed by atoms with van der Waals surface area (Å²) >= 11 is 0. The number of phenolic OH excluding ortho intramolecular Hbond substituents is 1. The molecule has 0 aromatic heterocycles. The average Bonchev–Trinajstić information content (AvgIpc) is 2.46. The van der Waals surface area contributed by atoms with Gasteiger partial charge in [-0.15, -0.1) is 0 Å². The molecule has 0 bridgehead atoms. The highest BCUT2D eigenvalue weighted by molar-refractivity contribution is 5.92. The Balaban J connectivity index is 2.26. The molecule has 0 aliphatic rings. The number of aromatic carboxylic acids is 1. The minimum Gasteiger partial charge on any atom is -0.508 e. The van der Waals surface area contributed by atoms with Crippen LogP contribution in [0.15, 0.2) is 42.5 Å². The SMILES string of the molecule is CCOc1cccc(C(=O)O)c1OCc1cccc(O)c1. The minimum atomic E-state index is -1.08. The van der Waals surface area contributed by atoms with Crippen LogP contribution >= 0.6 is 0 Å². The van der Waals surface area contributed by atoms with E-state index in [0.29, 0.717) is 12.4 Å². The number of benzene rings is 2. The highest BCUT2D eigenvalue weighted by atomic mass is 16.5. The van der Waals surface area contributed by atoms with Crippen molar-refractivity contribution in [3.05, 3.63) is 53.6 Å². The average molecular weight is 288 g/mol. The van der Waals surface area contributed by atoms with Crippen LogP contribution in [0, 0.1) is 0 Å². The highest BCUT2D eigenvalue weighted by Gasteiger charge is 2.16. The van der Waals surface area contributed by atoms with E-state index in [1.807, 2.05) is 6.92 Å². The van der Waals surface area contributed by atoms with Crippen LogP contribution in [0.2, 0.25) is 0 Å². The van der Waals surface area contributed by atoms with Gasteiger partial charge < -0.3 is 19.7 Å². The Kier molecular flexibility index (Phi) is 4.66. The first kappa shape index (κ1) is 14.7. The van der Waals surface area contributed by atoms with Gasteiger partial charge in [0.05, 0.1) is 6.61 Å². The molecule has 0 aliphatic heterocycles. The van der Waals surface area contributed by atoms with E-state index < -0.39 is 5.97 Å². The van der Waals surface area contributed by atoms with E-state index in [2.05, 4.69) is 0 Å². The van der Waals surface area contributed by atoms with Crippen molar-refractivity contribution in [1.82, 2.24) is 0 Å². The van der Waals surface area contributed by atoms with Crippen molar-refractivity contribution >= 4 is 5.97 Å². The summed E-state index contributed by atoms with van der Waals surface area (Å²) < 4.78 is 11.0. The molecule has 0 atom stereocenters. The van der Waals surface area contributed by atoms with Crippen molar-refractivity contribution in [1.29, 1.82) is 0 Å². The second-order valence-corrected chi connectivity index (χ2v) is 4.33. The monoisotopic (exact) mass is 288 g/mol. The van der Waals surface area contributed by atoms with E-state index in [1.54, 1.807) is 36.4 Å². The van der Waals surface area contributed by atoms with Crippen molar-refractivity contribution < 1.29 is 24.5 Å². The summed E-state index contributed by atoms with van der Waals surface area (Å²) in [5, 5.41) is 18.6.